The lowest BCUT2D eigenvalue weighted by molar-refractivity contribution is -0.153. The predicted octanol–water partition coefficient (Wildman–Crippen LogP) is 0.733. The maximum Gasteiger partial charge on any atom is 0.405 e. The summed E-state index contributed by atoms with van der Waals surface area (Å²) in [6, 6.07) is 0.894. The van der Waals surface area contributed by atoms with Crippen LogP contribution in [0.1, 0.15) is 0 Å². The Morgan fingerprint density at radius 2 is 1.92 bits per heavy atom. The summed E-state index contributed by atoms with van der Waals surface area (Å²) in [6.07, 6.45) is -4.11. The van der Waals surface area contributed by atoms with E-state index in [0.29, 0.717) is 6.26 Å². The first-order chi connectivity index (χ1) is 5.17. The fourth-order valence-corrected chi connectivity index (χ4v) is 1.38. The highest BCUT2D eigenvalue weighted by molar-refractivity contribution is 7.90. The van der Waals surface area contributed by atoms with Gasteiger partial charge in [0.1, 0.15) is 9.84 Å². The number of nitriles is 1. The molecule has 0 fully saturated rings. The summed E-state index contributed by atoms with van der Waals surface area (Å²) in [6.45, 7) is 0. The van der Waals surface area contributed by atoms with Gasteiger partial charge in [-0.2, -0.15) is 18.4 Å². The van der Waals surface area contributed by atoms with E-state index < -0.39 is 27.7 Å². The van der Waals surface area contributed by atoms with Crippen LogP contribution in [-0.4, -0.2) is 26.6 Å². The van der Waals surface area contributed by atoms with Gasteiger partial charge in [0.25, 0.3) is 0 Å². The molecule has 0 aromatic carbocycles. The predicted molar refractivity (Wildman–Crippen MR) is 34.9 cm³/mol. The first-order valence-electron chi connectivity index (χ1n) is 2.81. The van der Waals surface area contributed by atoms with Gasteiger partial charge in [-0.25, -0.2) is 8.42 Å². The molecule has 70 valence electrons. The van der Waals surface area contributed by atoms with E-state index in [1.165, 1.54) is 0 Å². The summed E-state index contributed by atoms with van der Waals surface area (Å²) in [5.41, 5.74) is 0. The van der Waals surface area contributed by atoms with Crippen molar-refractivity contribution in [2.45, 2.75) is 6.18 Å². The maximum absolute atomic E-state index is 11.8. The number of hydrogen-bond acceptors (Lipinski definition) is 3. The zero-order valence-electron chi connectivity index (χ0n) is 6.09. The van der Waals surface area contributed by atoms with Crippen molar-refractivity contribution < 1.29 is 21.6 Å². The molecule has 0 aliphatic carbocycles. The van der Waals surface area contributed by atoms with Crippen molar-refractivity contribution in [1.29, 1.82) is 5.26 Å². The van der Waals surface area contributed by atoms with Crippen LogP contribution in [0.2, 0.25) is 0 Å². The average molecular weight is 201 g/mol. The zero-order valence-corrected chi connectivity index (χ0v) is 6.91. The molecule has 0 saturated heterocycles. The molecule has 7 heteroatoms. The van der Waals surface area contributed by atoms with E-state index in [-0.39, 0.29) is 0 Å². The number of halogens is 3. The largest absolute Gasteiger partial charge is 0.405 e. The lowest BCUT2D eigenvalue weighted by Crippen LogP contribution is -2.28. The van der Waals surface area contributed by atoms with E-state index in [1.807, 2.05) is 0 Å². The van der Waals surface area contributed by atoms with E-state index in [2.05, 4.69) is 0 Å². The number of alkyl halides is 3. The highest BCUT2D eigenvalue weighted by Crippen LogP contribution is 2.26. The van der Waals surface area contributed by atoms with E-state index >= 15 is 0 Å². The summed E-state index contributed by atoms with van der Waals surface area (Å²) in [5.74, 6) is -3.60. The average Bonchev–Trinajstić information content (AvgIpc) is 1.78. The van der Waals surface area contributed by atoms with Gasteiger partial charge in [0.2, 0.25) is 0 Å². The van der Waals surface area contributed by atoms with Gasteiger partial charge in [0.15, 0.2) is 5.92 Å². The molecule has 0 bridgehead atoms. The van der Waals surface area contributed by atoms with Crippen molar-refractivity contribution in [2.24, 2.45) is 5.92 Å². The minimum Gasteiger partial charge on any atom is -0.229 e. The molecule has 0 aliphatic rings. The number of sulfone groups is 1. The third-order valence-corrected chi connectivity index (χ3v) is 1.96. The highest BCUT2D eigenvalue weighted by atomic mass is 32.2. The highest BCUT2D eigenvalue weighted by Gasteiger charge is 2.41. The number of rotatable bonds is 2. The minimum atomic E-state index is -4.77. The molecule has 0 N–H and O–H groups in total. The zero-order chi connectivity index (χ0) is 9.99. The summed E-state index contributed by atoms with van der Waals surface area (Å²) < 4.78 is 56.1. The van der Waals surface area contributed by atoms with Gasteiger partial charge >= 0.3 is 6.18 Å². The van der Waals surface area contributed by atoms with Crippen LogP contribution in [0, 0.1) is 17.2 Å². The van der Waals surface area contributed by atoms with E-state index in [1.54, 1.807) is 0 Å². The summed E-state index contributed by atoms with van der Waals surface area (Å²) in [4.78, 5) is 0. The molecule has 0 aliphatic heterocycles. The lowest BCUT2D eigenvalue weighted by atomic mass is 10.2. The van der Waals surface area contributed by atoms with Gasteiger partial charge in [-0.1, -0.05) is 0 Å². The molecule has 1 unspecified atom stereocenters. The van der Waals surface area contributed by atoms with Gasteiger partial charge in [0.05, 0.1) is 11.8 Å². The summed E-state index contributed by atoms with van der Waals surface area (Å²) in [5, 5.41) is 7.99. The molecule has 0 aromatic heterocycles. The van der Waals surface area contributed by atoms with Crippen LogP contribution in [0.15, 0.2) is 0 Å². The molecule has 1 atom stereocenters. The third kappa shape index (κ3) is 4.18. The molecule has 0 saturated carbocycles. The molecule has 0 spiro atoms. The third-order valence-electron chi connectivity index (χ3n) is 1.02. The number of nitrogens with zero attached hydrogens (tertiary/aromatic N) is 1. The van der Waals surface area contributed by atoms with Crippen LogP contribution >= 0.6 is 0 Å². The van der Waals surface area contributed by atoms with E-state index in [9.17, 15) is 21.6 Å². The summed E-state index contributed by atoms with van der Waals surface area (Å²) in [7, 11) is -3.76. The Hall–Kier alpha value is -0.770. The Kier molecular flexibility index (Phi) is 3.10. The first-order valence-corrected chi connectivity index (χ1v) is 4.87. The smallest absolute Gasteiger partial charge is 0.229 e. The molecule has 0 heterocycles. The molecule has 0 amide bonds. The van der Waals surface area contributed by atoms with Crippen molar-refractivity contribution in [1.82, 2.24) is 0 Å². The standard InChI is InChI=1S/C5H6F3NO2S/c1-12(10,11)3-4(2-9)5(6,7)8/h4H,3H2,1H3. The molecular formula is C5H6F3NO2S. The number of hydrogen-bond donors (Lipinski definition) is 0. The van der Waals surface area contributed by atoms with Gasteiger partial charge < -0.3 is 0 Å². The Morgan fingerprint density at radius 1 is 1.50 bits per heavy atom. The van der Waals surface area contributed by atoms with Crippen LogP contribution in [-0.2, 0) is 9.84 Å². The quantitative estimate of drug-likeness (QED) is 0.661. The topological polar surface area (TPSA) is 57.9 Å². The van der Waals surface area contributed by atoms with Crippen LogP contribution in [0.25, 0.3) is 0 Å². The minimum absolute atomic E-state index is 0.656. The van der Waals surface area contributed by atoms with Crippen molar-refractivity contribution >= 4 is 9.84 Å². The second-order valence-electron chi connectivity index (χ2n) is 2.32. The van der Waals surface area contributed by atoms with E-state index in [4.69, 9.17) is 5.26 Å². The molecular weight excluding hydrogens is 195 g/mol. The molecule has 3 nitrogen and oxygen atoms in total. The van der Waals surface area contributed by atoms with Crippen molar-refractivity contribution in [3.63, 3.8) is 0 Å². The molecule has 0 radical (unpaired) electrons. The SMILES string of the molecule is CS(=O)(=O)CC(C#N)C(F)(F)F. The van der Waals surface area contributed by atoms with Gasteiger partial charge in [0, 0.05) is 6.26 Å². The molecule has 12 heavy (non-hydrogen) atoms. The Bertz CT molecular complexity index is 287. The summed E-state index contributed by atoms with van der Waals surface area (Å²) >= 11 is 0. The lowest BCUT2D eigenvalue weighted by Gasteiger charge is -2.10. The van der Waals surface area contributed by atoms with Gasteiger partial charge in [-0.05, 0) is 0 Å². The van der Waals surface area contributed by atoms with Crippen molar-refractivity contribution in [3.8, 4) is 6.07 Å². The fraction of sp³-hybridized carbons (Fsp3) is 0.800. The van der Waals surface area contributed by atoms with E-state index in [0.717, 1.165) is 6.07 Å². The second-order valence-corrected chi connectivity index (χ2v) is 4.50. The van der Waals surface area contributed by atoms with Crippen LogP contribution < -0.4 is 0 Å². The first kappa shape index (κ1) is 11.2. The van der Waals surface area contributed by atoms with Crippen molar-refractivity contribution in [2.75, 3.05) is 12.0 Å². The fourth-order valence-electron chi connectivity index (χ4n) is 0.508. The molecule has 0 aromatic rings. The Labute approximate surface area is 67.7 Å². The van der Waals surface area contributed by atoms with Crippen LogP contribution in [0.4, 0.5) is 13.2 Å². The second kappa shape index (κ2) is 3.31. The maximum atomic E-state index is 11.8. The van der Waals surface area contributed by atoms with Crippen LogP contribution in [0.5, 0.6) is 0 Å². The van der Waals surface area contributed by atoms with Crippen LogP contribution in [0.3, 0.4) is 0 Å². The normalized spacial score (nSPS) is 15.2. The monoisotopic (exact) mass is 201 g/mol. The Balaban J connectivity index is 4.55. The van der Waals surface area contributed by atoms with Crippen molar-refractivity contribution in [3.05, 3.63) is 0 Å². The Morgan fingerprint density at radius 3 is 2.00 bits per heavy atom. The van der Waals surface area contributed by atoms with Gasteiger partial charge in [-0.15, -0.1) is 0 Å². The van der Waals surface area contributed by atoms with Gasteiger partial charge in [-0.3, -0.25) is 0 Å². The molecule has 0 rings (SSSR count).